The molecule has 4 heteroatoms. The van der Waals surface area contributed by atoms with E-state index >= 15 is 0 Å². The third kappa shape index (κ3) is 4.48. The quantitative estimate of drug-likeness (QED) is 0.333. The molecule has 0 bridgehead atoms. The van der Waals surface area contributed by atoms with Crippen LogP contribution in [0.3, 0.4) is 0 Å². The Bertz CT molecular complexity index is 1410. The van der Waals surface area contributed by atoms with Crippen molar-refractivity contribution in [3.8, 4) is 11.8 Å². The summed E-state index contributed by atoms with van der Waals surface area (Å²) in [6, 6.07) is 17.3. The zero-order valence-electron chi connectivity index (χ0n) is 23.6. The van der Waals surface area contributed by atoms with Gasteiger partial charge in [-0.15, -0.1) is 11.8 Å². The zero-order valence-corrected chi connectivity index (χ0v) is 24.4. The number of hydrogen-bond acceptors (Lipinski definition) is 4. The standard InChI is InChI=1S/C35H39NO2S/c1-34-22-31(24-7-10-26(11-8-24)36(2)3)33-29-16-12-27(37)21-25(29)9-15-30(33)32(34)18-20-35(34,38)19-17-23-5-13-28(39-4)14-6-23/h5-8,10-11,13-14,21,30-32,38H,9,12,15-16,18,20,22H2,1-4H3. The highest BCUT2D eigenvalue weighted by atomic mass is 32.2. The molecular weight excluding hydrogens is 498 g/mol. The SMILES string of the molecule is CSc1ccc(C#CC2(O)CCC3C4CCC5=CC(=O)CCC5=C4C(c4ccc(N(C)C)cc4)CC32C)cc1. The van der Waals surface area contributed by atoms with Crippen molar-refractivity contribution < 1.29 is 9.90 Å². The number of hydrogen-bond donors (Lipinski definition) is 1. The number of fused-ring (bicyclic) bond motifs is 4. The summed E-state index contributed by atoms with van der Waals surface area (Å²) in [5.74, 6) is 8.12. The molecule has 3 nitrogen and oxygen atoms in total. The first-order valence-corrected chi connectivity index (χ1v) is 15.6. The molecule has 4 aliphatic carbocycles. The van der Waals surface area contributed by atoms with Gasteiger partial charge in [-0.3, -0.25) is 4.79 Å². The van der Waals surface area contributed by atoms with Crippen LogP contribution in [0, 0.1) is 29.1 Å². The van der Waals surface area contributed by atoms with Crippen molar-refractivity contribution in [2.24, 2.45) is 17.3 Å². The summed E-state index contributed by atoms with van der Waals surface area (Å²) in [4.78, 5) is 15.7. The molecule has 0 heterocycles. The van der Waals surface area contributed by atoms with Crippen LogP contribution in [-0.4, -0.2) is 36.8 Å². The van der Waals surface area contributed by atoms with Gasteiger partial charge in [0.1, 0.15) is 5.60 Å². The minimum absolute atomic E-state index is 0.228. The lowest BCUT2D eigenvalue weighted by atomic mass is 9.51. The van der Waals surface area contributed by atoms with Crippen molar-refractivity contribution >= 4 is 23.2 Å². The molecule has 39 heavy (non-hydrogen) atoms. The summed E-state index contributed by atoms with van der Waals surface area (Å²) in [5.41, 5.74) is 6.43. The number of carbonyl (C=O) groups excluding carboxylic acids is 1. The minimum atomic E-state index is -1.02. The number of aliphatic hydroxyl groups is 1. The Hall–Kier alpha value is -2.74. The van der Waals surface area contributed by atoms with Gasteiger partial charge in [-0.1, -0.05) is 36.5 Å². The van der Waals surface area contributed by atoms with E-state index < -0.39 is 5.60 Å². The van der Waals surface area contributed by atoms with Crippen molar-refractivity contribution in [1.82, 2.24) is 0 Å². The fraction of sp³-hybridized carbons (Fsp3) is 0.457. The molecule has 1 N–H and O–H groups in total. The monoisotopic (exact) mass is 537 g/mol. The molecule has 0 radical (unpaired) electrons. The van der Waals surface area contributed by atoms with Crippen molar-refractivity contribution in [1.29, 1.82) is 0 Å². The van der Waals surface area contributed by atoms with Gasteiger partial charge in [0.2, 0.25) is 0 Å². The maximum absolute atomic E-state index is 12.3. The van der Waals surface area contributed by atoms with Crippen LogP contribution < -0.4 is 4.90 Å². The molecule has 202 valence electrons. The van der Waals surface area contributed by atoms with Gasteiger partial charge in [0.15, 0.2) is 5.78 Å². The maximum Gasteiger partial charge on any atom is 0.156 e. The molecule has 0 aromatic heterocycles. The number of anilines is 1. The fourth-order valence-electron chi connectivity index (χ4n) is 8.02. The van der Waals surface area contributed by atoms with Crippen molar-refractivity contribution in [3.63, 3.8) is 0 Å². The average molecular weight is 538 g/mol. The van der Waals surface area contributed by atoms with E-state index in [-0.39, 0.29) is 17.1 Å². The summed E-state index contributed by atoms with van der Waals surface area (Å²) in [7, 11) is 4.15. The number of benzene rings is 2. The minimum Gasteiger partial charge on any atom is -0.378 e. The van der Waals surface area contributed by atoms with Gasteiger partial charge >= 0.3 is 0 Å². The van der Waals surface area contributed by atoms with Gasteiger partial charge < -0.3 is 10.0 Å². The second kappa shape index (κ2) is 10.0. The van der Waals surface area contributed by atoms with E-state index in [0.29, 0.717) is 18.3 Å². The third-order valence-corrected chi connectivity index (χ3v) is 10.9. The predicted molar refractivity (Wildman–Crippen MR) is 161 cm³/mol. The van der Waals surface area contributed by atoms with Crippen LogP contribution in [0.2, 0.25) is 0 Å². The van der Waals surface area contributed by atoms with Crippen molar-refractivity contribution in [2.75, 3.05) is 25.3 Å². The molecule has 4 aliphatic rings. The van der Waals surface area contributed by atoms with E-state index in [1.54, 1.807) is 17.3 Å². The Balaban J connectivity index is 1.43. The van der Waals surface area contributed by atoms with Crippen molar-refractivity contribution in [2.45, 2.75) is 68.3 Å². The summed E-state index contributed by atoms with van der Waals surface area (Å²) >= 11 is 1.73. The lowest BCUT2D eigenvalue weighted by molar-refractivity contribution is -0.114. The molecule has 2 fully saturated rings. The number of nitrogens with zero attached hydrogens (tertiary/aromatic N) is 1. The van der Waals surface area contributed by atoms with Gasteiger partial charge in [-0.2, -0.15) is 0 Å². The Morgan fingerprint density at radius 1 is 1.00 bits per heavy atom. The third-order valence-electron chi connectivity index (χ3n) is 10.2. The first-order chi connectivity index (χ1) is 18.7. The topological polar surface area (TPSA) is 40.5 Å². The van der Waals surface area contributed by atoms with E-state index in [1.165, 1.54) is 27.3 Å². The molecule has 2 aromatic carbocycles. The van der Waals surface area contributed by atoms with Crippen LogP contribution in [0.25, 0.3) is 0 Å². The number of carbonyl (C=O) groups is 1. The number of thioether (sulfide) groups is 1. The van der Waals surface area contributed by atoms with E-state index in [0.717, 1.165) is 44.1 Å². The van der Waals surface area contributed by atoms with Crippen LogP contribution >= 0.6 is 11.8 Å². The van der Waals surface area contributed by atoms with Crippen LogP contribution in [0.15, 0.2) is 76.2 Å². The maximum atomic E-state index is 12.3. The normalized spacial score (nSPS) is 31.5. The Morgan fingerprint density at radius 2 is 1.74 bits per heavy atom. The number of rotatable bonds is 3. The van der Waals surface area contributed by atoms with Crippen LogP contribution in [0.1, 0.15) is 68.9 Å². The molecule has 0 amide bonds. The van der Waals surface area contributed by atoms with Gasteiger partial charge in [0.05, 0.1) is 0 Å². The second-order valence-corrected chi connectivity index (χ2v) is 13.2. The van der Waals surface area contributed by atoms with Gasteiger partial charge in [-0.05, 0) is 116 Å². The van der Waals surface area contributed by atoms with Gasteiger partial charge in [0, 0.05) is 48.0 Å². The molecule has 5 atom stereocenters. The number of allylic oxidation sites excluding steroid dienone is 4. The molecule has 0 saturated heterocycles. The highest BCUT2D eigenvalue weighted by molar-refractivity contribution is 7.98. The average Bonchev–Trinajstić information content (AvgIpc) is 3.21. The fourth-order valence-corrected chi connectivity index (χ4v) is 8.43. The predicted octanol–water partition coefficient (Wildman–Crippen LogP) is 7.16. The molecular formula is C35H39NO2S. The molecule has 2 aromatic rings. The summed E-state index contributed by atoms with van der Waals surface area (Å²) in [6.45, 7) is 2.31. The van der Waals surface area contributed by atoms with E-state index in [9.17, 15) is 9.90 Å². The second-order valence-electron chi connectivity index (χ2n) is 12.4. The Labute approximate surface area is 237 Å². The first kappa shape index (κ1) is 26.5. The van der Waals surface area contributed by atoms with Crippen LogP contribution in [0.5, 0.6) is 0 Å². The summed E-state index contributed by atoms with van der Waals surface area (Å²) < 4.78 is 0. The molecule has 0 spiro atoms. The summed E-state index contributed by atoms with van der Waals surface area (Å²) in [5, 5.41) is 12.3. The molecule has 6 rings (SSSR count). The smallest absolute Gasteiger partial charge is 0.156 e. The highest BCUT2D eigenvalue weighted by Crippen LogP contribution is 2.66. The highest BCUT2D eigenvalue weighted by Gasteiger charge is 2.62. The lowest BCUT2D eigenvalue weighted by Gasteiger charge is -2.53. The molecule has 0 aliphatic heterocycles. The van der Waals surface area contributed by atoms with E-state index in [4.69, 9.17) is 0 Å². The van der Waals surface area contributed by atoms with Crippen molar-refractivity contribution in [3.05, 3.63) is 82.5 Å². The molecule has 2 saturated carbocycles. The van der Waals surface area contributed by atoms with Gasteiger partial charge in [-0.25, -0.2) is 0 Å². The van der Waals surface area contributed by atoms with Crippen LogP contribution in [-0.2, 0) is 4.79 Å². The first-order valence-electron chi connectivity index (χ1n) is 14.4. The van der Waals surface area contributed by atoms with E-state index in [2.05, 4.69) is 92.5 Å². The van der Waals surface area contributed by atoms with E-state index in [1.807, 2.05) is 6.08 Å². The number of ketones is 1. The zero-order chi connectivity index (χ0) is 27.4. The van der Waals surface area contributed by atoms with Crippen LogP contribution in [0.4, 0.5) is 5.69 Å². The van der Waals surface area contributed by atoms with Gasteiger partial charge in [0.25, 0.3) is 0 Å². The Kier molecular flexibility index (Phi) is 6.81. The lowest BCUT2D eigenvalue weighted by Crippen LogP contribution is -2.51. The Morgan fingerprint density at radius 3 is 2.44 bits per heavy atom. The largest absolute Gasteiger partial charge is 0.378 e. The summed E-state index contributed by atoms with van der Waals surface area (Å²) in [6.07, 6.45) is 10.1. The molecule has 5 unspecified atom stereocenters.